The van der Waals surface area contributed by atoms with Gasteiger partial charge in [-0.15, -0.1) is 0 Å². The van der Waals surface area contributed by atoms with Gasteiger partial charge in [-0.05, 0) is 44.6 Å². The summed E-state index contributed by atoms with van der Waals surface area (Å²) in [4.78, 5) is 0. The molecule has 1 aliphatic rings. The van der Waals surface area contributed by atoms with Gasteiger partial charge in [-0.25, -0.2) is 0 Å². The molecule has 0 aromatic heterocycles. The minimum Gasteiger partial charge on any atom is -0.385 e. The maximum atomic E-state index is 6.23. The van der Waals surface area contributed by atoms with E-state index in [-0.39, 0.29) is 5.60 Å². The predicted octanol–water partition coefficient (Wildman–Crippen LogP) is 2.99. The van der Waals surface area contributed by atoms with Crippen molar-refractivity contribution < 1.29 is 9.47 Å². The third-order valence-corrected chi connectivity index (χ3v) is 4.19. The molecule has 1 N–H and O–H groups in total. The summed E-state index contributed by atoms with van der Waals surface area (Å²) in [7, 11) is 1.75. The summed E-state index contributed by atoms with van der Waals surface area (Å²) in [6.07, 6.45) is 7.40. The van der Waals surface area contributed by atoms with Crippen molar-refractivity contribution in [3.63, 3.8) is 0 Å². The molecule has 0 unspecified atom stereocenters. The van der Waals surface area contributed by atoms with Crippen molar-refractivity contribution in [1.29, 1.82) is 0 Å². The zero-order valence-corrected chi connectivity index (χ0v) is 12.5. The van der Waals surface area contributed by atoms with Gasteiger partial charge in [0.05, 0.1) is 5.60 Å². The lowest BCUT2D eigenvalue weighted by atomic mass is 9.77. The van der Waals surface area contributed by atoms with E-state index in [4.69, 9.17) is 9.47 Å². The van der Waals surface area contributed by atoms with Crippen LogP contribution in [0.4, 0.5) is 0 Å². The van der Waals surface area contributed by atoms with Crippen molar-refractivity contribution in [2.24, 2.45) is 5.92 Å². The van der Waals surface area contributed by atoms with E-state index in [1.54, 1.807) is 7.11 Å². The normalized spacial score (nSPS) is 28.5. The standard InChI is InChI=1S/C15H31NO2/c1-4-14-7-9-15(10-8-14,13-16-5-2)18-12-6-11-17-3/h14,16H,4-13H2,1-3H3. The lowest BCUT2D eigenvalue weighted by molar-refractivity contribution is -0.0802. The highest BCUT2D eigenvalue weighted by atomic mass is 16.5. The maximum Gasteiger partial charge on any atom is 0.0806 e. The average Bonchev–Trinajstić information content (AvgIpc) is 2.42. The third-order valence-electron chi connectivity index (χ3n) is 4.19. The first-order valence-electron chi connectivity index (χ1n) is 7.60. The molecule has 0 heterocycles. The second-order valence-corrected chi connectivity index (χ2v) is 5.51. The monoisotopic (exact) mass is 257 g/mol. The minimum absolute atomic E-state index is 0.0927. The molecule has 1 rings (SSSR count). The van der Waals surface area contributed by atoms with E-state index >= 15 is 0 Å². The van der Waals surface area contributed by atoms with Crippen LogP contribution in [0, 0.1) is 5.92 Å². The van der Waals surface area contributed by atoms with E-state index in [0.717, 1.165) is 38.6 Å². The van der Waals surface area contributed by atoms with Crippen LogP contribution in [0.15, 0.2) is 0 Å². The minimum atomic E-state index is 0.0927. The number of likely N-dealkylation sites (N-methyl/N-ethyl adjacent to an activating group) is 1. The Balaban J connectivity index is 2.38. The fraction of sp³-hybridized carbons (Fsp3) is 1.00. The van der Waals surface area contributed by atoms with Crippen LogP contribution in [-0.2, 0) is 9.47 Å². The lowest BCUT2D eigenvalue weighted by Gasteiger charge is -2.40. The van der Waals surface area contributed by atoms with Crippen molar-refractivity contribution in [2.75, 3.05) is 33.4 Å². The summed E-state index contributed by atoms with van der Waals surface area (Å²) in [5, 5.41) is 3.48. The SMILES string of the molecule is CCNCC1(OCCCOC)CCC(CC)CC1. The van der Waals surface area contributed by atoms with Crippen molar-refractivity contribution in [2.45, 2.75) is 58.0 Å². The van der Waals surface area contributed by atoms with Gasteiger partial charge in [0.15, 0.2) is 0 Å². The van der Waals surface area contributed by atoms with Crippen LogP contribution in [0.3, 0.4) is 0 Å². The van der Waals surface area contributed by atoms with Crippen molar-refractivity contribution in [1.82, 2.24) is 5.32 Å². The van der Waals surface area contributed by atoms with Crippen LogP contribution in [0.1, 0.15) is 52.4 Å². The molecule has 0 bridgehead atoms. The van der Waals surface area contributed by atoms with Gasteiger partial charge in [0.2, 0.25) is 0 Å². The zero-order chi connectivity index (χ0) is 13.3. The quantitative estimate of drug-likeness (QED) is 0.644. The number of hydrogen-bond donors (Lipinski definition) is 1. The first-order valence-corrected chi connectivity index (χ1v) is 7.60. The smallest absolute Gasteiger partial charge is 0.0806 e. The third kappa shape index (κ3) is 5.25. The van der Waals surface area contributed by atoms with Crippen LogP contribution < -0.4 is 5.32 Å². The molecule has 108 valence electrons. The van der Waals surface area contributed by atoms with Gasteiger partial charge in [-0.3, -0.25) is 0 Å². The molecule has 18 heavy (non-hydrogen) atoms. The molecule has 0 aromatic rings. The summed E-state index contributed by atoms with van der Waals surface area (Å²) < 4.78 is 11.3. The van der Waals surface area contributed by atoms with E-state index in [0.29, 0.717) is 0 Å². The summed E-state index contributed by atoms with van der Waals surface area (Å²) in [5.74, 6) is 0.919. The fourth-order valence-electron chi connectivity index (χ4n) is 2.83. The van der Waals surface area contributed by atoms with Crippen molar-refractivity contribution in [3.05, 3.63) is 0 Å². The van der Waals surface area contributed by atoms with Crippen molar-refractivity contribution in [3.8, 4) is 0 Å². The second-order valence-electron chi connectivity index (χ2n) is 5.51. The summed E-state index contributed by atoms with van der Waals surface area (Å²) in [6.45, 7) is 8.13. The Labute approximate surface area is 113 Å². The predicted molar refractivity (Wildman–Crippen MR) is 76.0 cm³/mol. The van der Waals surface area contributed by atoms with E-state index in [9.17, 15) is 0 Å². The van der Waals surface area contributed by atoms with Crippen molar-refractivity contribution >= 4 is 0 Å². The second kappa shape index (κ2) is 8.89. The van der Waals surface area contributed by atoms with Crippen LogP contribution >= 0.6 is 0 Å². The first kappa shape index (κ1) is 15.9. The molecule has 0 radical (unpaired) electrons. The molecule has 0 atom stereocenters. The fourth-order valence-corrected chi connectivity index (χ4v) is 2.83. The van der Waals surface area contributed by atoms with E-state index < -0.39 is 0 Å². The van der Waals surface area contributed by atoms with Gasteiger partial charge in [0.25, 0.3) is 0 Å². The molecule has 0 aromatic carbocycles. The largest absolute Gasteiger partial charge is 0.385 e. The summed E-state index contributed by atoms with van der Waals surface area (Å²) in [6, 6.07) is 0. The van der Waals surface area contributed by atoms with E-state index in [1.165, 1.54) is 32.1 Å². The van der Waals surface area contributed by atoms with Crippen LogP contribution in [-0.4, -0.2) is 39.0 Å². The maximum absolute atomic E-state index is 6.23. The Hall–Kier alpha value is -0.120. The molecule has 1 aliphatic carbocycles. The molecule has 0 saturated heterocycles. The lowest BCUT2D eigenvalue weighted by Crippen LogP contribution is -2.46. The zero-order valence-electron chi connectivity index (χ0n) is 12.5. The molecular formula is C15H31NO2. The first-order chi connectivity index (χ1) is 8.76. The highest BCUT2D eigenvalue weighted by Crippen LogP contribution is 2.36. The molecule has 3 heteroatoms. The molecule has 0 aliphatic heterocycles. The topological polar surface area (TPSA) is 30.5 Å². The highest BCUT2D eigenvalue weighted by molar-refractivity contribution is 4.89. The number of ether oxygens (including phenoxy) is 2. The Bertz CT molecular complexity index is 201. The summed E-state index contributed by atoms with van der Waals surface area (Å²) in [5.41, 5.74) is 0.0927. The Morgan fingerprint density at radius 1 is 1.17 bits per heavy atom. The van der Waals surface area contributed by atoms with E-state index in [2.05, 4.69) is 19.2 Å². The van der Waals surface area contributed by atoms with Crippen LogP contribution in [0.5, 0.6) is 0 Å². The average molecular weight is 257 g/mol. The number of nitrogens with one attached hydrogen (secondary N) is 1. The van der Waals surface area contributed by atoms with Gasteiger partial charge < -0.3 is 14.8 Å². The van der Waals surface area contributed by atoms with Crippen LogP contribution in [0.2, 0.25) is 0 Å². The Morgan fingerprint density at radius 2 is 1.89 bits per heavy atom. The summed E-state index contributed by atoms with van der Waals surface area (Å²) >= 11 is 0. The Morgan fingerprint density at radius 3 is 2.44 bits per heavy atom. The molecule has 1 fully saturated rings. The molecular weight excluding hydrogens is 226 g/mol. The Kier molecular flexibility index (Phi) is 7.87. The van der Waals surface area contributed by atoms with Gasteiger partial charge in [-0.2, -0.15) is 0 Å². The van der Waals surface area contributed by atoms with Gasteiger partial charge >= 0.3 is 0 Å². The van der Waals surface area contributed by atoms with E-state index in [1.807, 2.05) is 0 Å². The van der Waals surface area contributed by atoms with Gasteiger partial charge in [-0.1, -0.05) is 20.3 Å². The van der Waals surface area contributed by atoms with Gasteiger partial charge in [0.1, 0.15) is 0 Å². The number of methoxy groups -OCH3 is 1. The van der Waals surface area contributed by atoms with Gasteiger partial charge in [0, 0.05) is 26.9 Å². The highest BCUT2D eigenvalue weighted by Gasteiger charge is 2.35. The number of hydrogen-bond acceptors (Lipinski definition) is 3. The molecule has 0 spiro atoms. The van der Waals surface area contributed by atoms with Crippen LogP contribution in [0.25, 0.3) is 0 Å². The number of rotatable bonds is 9. The molecule has 1 saturated carbocycles. The molecule has 3 nitrogen and oxygen atoms in total. The molecule has 0 amide bonds.